The van der Waals surface area contributed by atoms with E-state index in [4.69, 9.17) is 0 Å². The molecule has 0 fully saturated rings. The van der Waals surface area contributed by atoms with Crippen molar-refractivity contribution in [3.8, 4) is 0 Å². The van der Waals surface area contributed by atoms with E-state index >= 15 is 0 Å². The van der Waals surface area contributed by atoms with Crippen LogP contribution in [0.15, 0.2) is 109 Å². The Balaban J connectivity index is 0.000000147. The number of hydrogen-bond acceptors (Lipinski definition) is 2. The first-order valence-electron chi connectivity index (χ1n) is 12.7. The maximum absolute atomic E-state index is 4.63. The molecule has 3 aromatic carbocycles. The van der Waals surface area contributed by atoms with Crippen molar-refractivity contribution >= 4 is 67.9 Å². The molecule has 2 aliphatic heterocycles. The monoisotopic (exact) mass is 488 g/mol. The Morgan fingerprint density at radius 3 is 0.921 bits per heavy atom. The van der Waals surface area contributed by atoms with E-state index in [1.54, 1.807) is 0 Å². The lowest BCUT2D eigenvalue weighted by atomic mass is 10.0. The van der Waals surface area contributed by atoms with Gasteiger partial charge in [0.15, 0.2) is 0 Å². The number of H-pyrrole nitrogens is 2. The summed E-state index contributed by atoms with van der Waals surface area (Å²) in [6, 6.07) is 37.8. The van der Waals surface area contributed by atoms with E-state index in [1.807, 2.05) is 48.6 Å². The second-order valence-corrected chi connectivity index (χ2v) is 9.45. The topological polar surface area (TPSA) is 57.4 Å². The molecule has 180 valence electrons. The first-order valence-corrected chi connectivity index (χ1v) is 12.7. The highest BCUT2D eigenvalue weighted by atomic mass is 14.8. The molecule has 8 rings (SSSR count). The van der Waals surface area contributed by atoms with Gasteiger partial charge in [-0.05, 0) is 107 Å². The van der Waals surface area contributed by atoms with E-state index in [2.05, 4.69) is 105 Å². The third kappa shape index (κ3) is 4.63. The summed E-state index contributed by atoms with van der Waals surface area (Å²) >= 11 is 0. The molecule has 0 unspecified atom stereocenters. The zero-order chi connectivity index (χ0) is 25.3. The summed E-state index contributed by atoms with van der Waals surface area (Å²) in [5.74, 6) is 0. The van der Waals surface area contributed by atoms with E-state index in [9.17, 15) is 0 Å². The number of aromatic nitrogens is 4. The van der Waals surface area contributed by atoms with Crippen molar-refractivity contribution in [2.45, 2.75) is 0 Å². The van der Waals surface area contributed by atoms with Gasteiger partial charge in [-0.1, -0.05) is 48.5 Å². The second-order valence-electron chi connectivity index (χ2n) is 9.45. The lowest BCUT2D eigenvalue weighted by molar-refractivity contribution is 1.31. The number of nitrogens with one attached hydrogen (secondary N) is 2. The average Bonchev–Trinajstić information content (AvgIpc) is 3.74. The molecule has 2 N–H and O–H groups in total. The van der Waals surface area contributed by atoms with Crippen LogP contribution in [0.4, 0.5) is 0 Å². The highest BCUT2D eigenvalue weighted by Crippen LogP contribution is 2.22. The molecule has 0 radical (unpaired) electrons. The van der Waals surface area contributed by atoms with Gasteiger partial charge in [-0.2, -0.15) is 0 Å². The molecule has 0 saturated carbocycles. The quantitative estimate of drug-likeness (QED) is 0.210. The van der Waals surface area contributed by atoms with Gasteiger partial charge in [0.25, 0.3) is 0 Å². The summed E-state index contributed by atoms with van der Waals surface area (Å²) in [6.45, 7) is 0. The third-order valence-electron chi connectivity index (χ3n) is 6.66. The van der Waals surface area contributed by atoms with Crippen molar-refractivity contribution in [3.63, 3.8) is 0 Å². The minimum Gasteiger partial charge on any atom is -0.355 e. The molecule has 2 aliphatic rings. The molecule has 38 heavy (non-hydrogen) atoms. The van der Waals surface area contributed by atoms with Crippen LogP contribution in [0.25, 0.3) is 67.9 Å². The Kier molecular flexibility index (Phi) is 5.41. The Labute approximate surface area is 219 Å². The number of benzene rings is 3. The summed E-state index contributed by atoms with van der Waals surface area (Å²) in [6.07, 6.45) is 8.09. The minimum atomic E-state index is 0.939. The molecule has 3 aromatic heterocycles. The minimum absolute atomic E-state index is 0.939. The summed E-state index contributed by atoms with van der Waals surface area (Å²) in [7, 11) is 0. The number of fused-ring (bicyclic) bond motifs is 10. The Hall–Kier alpha value is -5.22. The molecule has 0 saturated heterocycles. The number of nitrogens with zero attached hydrogens (tertiary/aromatic N) is 2. The molecule has 4 nitrogen and oxygen atoms in total. The largest absolute Gasteiger partial charge is 0.355 e. The van der Waals surface area contributed by atoms with Crippen LogP contribution in [-0.2, 0) is 0 Å². The highest BCUT2D eigenvalue weighted by Gasteiger charge is 2.01. The standard InChI is InChI=1S/C20H14N4.C14H10/c1-2-14-10-16-5-6-18(23-16)12-20-8-7-19(24-20)11-17-4-3-15(22-17)9-13(1)21-14;1-2-6-12-10-14-8-4-3-7-13(14)9-11(12)5-1/h1-12,21,24H;1-10H. The van der Waals surface area contributed by atoms with Gasteiger partial charge in [-0.15, -0.1) is 0 Å². The van der Waals surface area contributed by atoms with Gasteiger partial charge in [0.05, 0.1) is 22.8 Å². The third-order valence-corrected chi connectivity index (χ3v) is 6.66. The molecule has 8 bridgehead atoms. The zero-order valence-electron chi connectivity index (χ0n) is 20.6. The zero-order valence-corrected chi connectivity index (χ0v) is 20.6. The molecule has 0 amide bonds. The van der Waals surface area contributed by atoms with Crippen LogP contribution in [0.5, 0.6) is 0 Å². The van der Waals surface area contributed by atoms with Crippen LogP contribution in [0.1, 0.15) is 22.8 Å². The molecule has 0 atom stereocenters. The van der Waals surface area contributed by atoms with Gasteiger partial charge in [0.1, 0.15) is 0 Å². The average molecular weight is 489 g/mol. The fraction of sp³-hybridized carbons (Fsp3) is 0. The Bertz CT molecular complexity index is 1760. The van der Waals surface area contributed by atoms with Gasteiger partial charge in [0, 0.05) is 22.1 Å². The van der Waals surface area contributed by atoms with Crippen molar-refractivity contribution in [1.29, 1.82) is 0 Å². The van der Waals surface area contributed by atoms with Crippen molar-refractivity contribution in [1.82, 2.24) is 19.9 Å². The predicted molar refractivity (Wildman–Crippen MR) is 160 cm³/mol. The molecule has 4 heteroatoms. The van der Waals surface area contributed by atoms with E-state index < -0.39 is 0 Å². The van der Waals surface area contributed by atoms with Crippen LogP contribution in [0.2, 0.25) is 0 Å². The van der Waals surface area contributed by atoms with E-state index in [0.29, 0.717) is 0 Å². The fourth-order valence-corrected chi connectivity index (χ4v) is 4.83. The number of aromatic amines is 2. The van der Waals surface area contributed by atoms with Crippen LogP contribution < -0.4 is 0 Å². The predicted octanol–water partition coefficient (Wildman–Crippen LogP) is 8.65. The second kappa shape index (κ2) is 9.34. The fourth-order valence-electron chi connectivity index (χ4n) is 4.83. The molecular weight excluding hydrogens is 464 g/mol. The van der Waals surface area contributed by atoms with Gasteiger partial charge >= 0.3 is 0 Å². The molecular formula is C34H24N4. The van der Waals surface area contributed by atoms with E-state index in [0.717, 1.165) is 44.8 Å². The Morgan fingerprint density at radius 2 is 0.632 bits per heavy atom. The smallest absolute Gasteiger partial charge is 0.0658 e. The van der Waals surface area contributed by atoms with Crippen LogP contribution >= 0.6 is 0 Å². The van der Waals surface area contributed by atoms with E-state index in [1.165, 1.54) is 21.5 Å². The summed E-state index contributed by atoms with van der Waals surface area (Å²) in [4.78, 5) is 16.0. The van der Waals surface area contributed by atoms with Gasteiger partial charge < -0.3 is 9.97 Å². The maximum Gasteiger partial charge on any atom is 0.0658 e. The molecule has 0 spiro atoms. The van der Waals surface area contributed by atoms with Gasteiger partial charge in [-0.3, -0.25) is 0 Å². The Morgan fingerprint density at radius 1 is 0.342 bits per heavy atom. The van der Waals surface area contributed by atoms with Crippen LogP contribution in [-0.4, -0.2) is 19.9 Å². The first-order chi connectivity index (χ1) is 18.7. The van der Waals surface area contributed by atoms with Crippen molar-refractivity contribution in [3.05, 3.63) is 132 Å². The molecule has 0 aliphatic carbocycles. The normalized spacial score (nSPS) is 12.0. The lowest BCUT2D eigenvalue weighted by Crippen LogP contribution is -1.75. The van der Waals surface area contributed by atoms with Crippen molar-refractivity contribution in [2.24, 2.45) is 0 Å². The first kappa shape index (κ1) is 22.0. The number of rotatable bonds is 0. The molecule has 6 aromatic rings. The highest BCUT2D eigenvalue weighted by molar-refractivity contribution is 5.98. The van der Waals surface area contributed by atoms with Crippen LogP contribution in [0, 0.1) is 0 Å². The van der Waals surface area contributed by atoms with E-state index in [-0.39, 0.29) is 0 Å². The lowest BCUT2D eigenvalue weighted by Gasteiger charge is -2.00. The van der Waals surface area contributed by atoms with Gasteiger partial charge in [-0.25, -0.2) is 9.97 Å². The van der Waals surface area contributed by atoms with Crippen molar-refractivity contribution in [2.75, 3.05) is 0 Å². The summed E-state index contributed by atoms with van der Waals surface area (Å²) < 4.78 is 0. The summed E-state index contributed by atoms with van der Waals surface area (Å²) in [5, 5.41) is 5.25. The SMILES string of the molecule is C1=Cc2cc3ccc(cc4nc(cc5ccc(cc1n2)[nH]5)C=C4)[nH]3.c1ccc2cc3ccccc3cc2c1. The maximum atomic E-state index is 4.63. The number of hydrogen-bond donors (Lipinski definition) is 2. The van der Waals surface area contributed by atoms with Crippen molar-refractivity contribution < 1.29 is 0 Å². The van der Waals surface area contributed by atoms with Gasteiger partial charge in [0.2, 0.25) is 0 Å². The van der Waals surface area contributed by atoms with Crippen LogP contribution in [0.3, 0.4) is 0 Å². The summed E-state index contributed by atoms with van der Waals surface area (Å²) in [5.41, 5.74) is 7.86. The molecule has 5 heterocycles.